The molecule has 2 heterocycles. The number of piperidine rings is 1. The maximum atomic E-state index is 4.72. The molecule has 1 saturated heterocycles. The fourth-order valence-electron chi connectivity index (χ4n) is 2.92. The maximum absolute atomic E-state index is 4.72. The summed E-state index contributed by atoms with van der Waals surface area (Å²) in [4.78, 5) is 10.7. The Labute approximate surface area is 108 Å². The molecule has 2 unspecified atom stereocenters. The molecular weight excluding hydrogens is 222 g/mol. The van der Waals surface area contributed by atoms with Crippen molar-refractivity contribution < 1.29 is 0 Å². The zero-order valence-electron chi connectivity index (χ0n) is 11.2. The summed E-state index contributed by atoms with van der Waals surface area (Å²) in [5.74, 6) is 1.91. The SMILES string of the molecule is CC1CCCN(C(C)c2nc3ccccc3[nH]2)C1. The molecule has 3 nitrogen and oxygen atoms in total. The second-order valence-corrected chi connectivity index (χ2v) is 5.56. The Bertz CT molecular complexity index is 498. The van der Waals surface area contributed by atoms with Crippen LogP contribution in [0, 0.1) is 5.92 Å². The van der Waals surface area contributed by atoms with E-state index in [9.17, 15) is 0 Å². The van der Waals surface area contributed by atoms with Crippen LogP contribution in [0.2, 0.25) is 0 Å². The van der Waals surface area contributed by atoms with Crippen LogP contribution in [0.25, 0.3) is 11.0 Å². The predicted molar refractivity (Wildman–Crippen MR) is 74.5 cm³/mol. The van der Waals surface area contributed by atoms with Crippen molar-refractivity contribution in [2.75, 3.05) is 13.1 Å². The van der Waals surface area contributed by atoms with Gasteiger partial charge in [-0.1, -0.05) is 19.1 Å². The highest BCUT2D eigenvalue weighted by atomic mass is 15.2. The topological polar surface area (TPSA) is 31.9 Å². The molecule has 96 valence electrons. The molecule has 18 heavy (non-hydrogen) atoms. The molecule has 0 spiro atoms. The normalized spacial score (nSPS) is 23.3. The van der Waals surface area contributed by atoms with Crippen molar-refractivity contribution in [1.82, 2.24) is 14.9 Å². The maximum Gasteiger partial charge on any atom is 0.124 e. The number of nitrogens with zero attached hydrogens (tertiary/aromatic N) is 2. The number of rotatable bonds is 2. The molecule has 0 saturated carbocycles. The number of para-hydroxylation sites is 2. The van der Waals surface area contributed by atoms with Gasteiger partial charge in [-0.3, -0.25) is 4.90 Å². The molecule has 2 atom stereocenters. The van der Waals surface area contributed by atoms with Gasteiger partial charge in [0.1, 0.15) is 5.82 Å². The lowest BCUT2D eigenvalue weighted by Crippen LogP contribution is -2.36. The summed E-state index contributed by atoms with van der Waals surface area (Å²) in [5, 5.41) is 0. The van der Waals surface area contributed by atoms with Gasteiger partial charge in [0, 0.05) is 6.54 Å². The van der Waals surface area contributed by atoms with Crippen molar-refractivity contribution in [3.8, 4) is 0 Å². The van der Waals surface area contributed by atoms with E-state index < -0.39 is 0 Å². The van der Waals surface area contributed by atoms with E-state index in [1.54, 1.807) is 0 Å². The van der Waals surface area contributed by atoms with Crippen LogP contribution < -0.4 is 0 Å². The molecule has 1 N–H and O–H groups in total. The smallest absolute Gasteiger partial charge is 0.124 e. The number of aromatic amines is 1. The Morgan fingerprint density at radius 1 is 1.39 bits per heavy atom. The van der Waals surface area contributed by atoms with Crippen LogP contribution in [0.4, 0.5) is 0 Å². The first kappa shape index (κ1) is 11.7. The number of hydrogen-bond donors (Lipinski definition) is 1. The van der Waals surface area contributed by atoms with Crippen molar-refractivity contribution in [1.29, 1.82) is 0 Å². The van der Waals surface area contributed by atoms with E-state index in [4.69, 9.17) is 4.98 Å². The fourth-order valence-corrected chi connectivity index (χ4v) is 2.92. The molecule has 1 fully saturated rings. The standard InChI is InChI=1S/C15H21N3/c1-11-6-5-9-18(10-11)12(2)15-16-13-7-3-4-8-14(13)17-15/h3-4,7-8,11-12H,5-6,9-10H2,1-2H3,(H,16,17). The molecule has 1 aliphatic heterocycles. The minimum absolute atomic E-state index is 0.389. The largest absolute Gasteiger partial charge is 0.341 e. The average molecular weight is 243 g/mol. The van der Waals surface area contributed by atoms with Crippen molar-refractivity contribution in [3.05, 3.63) is 30.1 Å². The van der Waals surface area contributed by atoms with Gasteiger partial charge < -0.3 is 4.98 Å². The second kappa shape index (κ2) is 4.73. The zero-order valence-corrected chi connectivity index (χ0v) is 11.2. The van der Waals surface area contributed by atoms with Gasteiger partial charge in [0.05, 0.1) is 17.1 Å². The number of imidazole rings is 1. The minimum Gasteiger partial charge on any atom is -0.341 e. The average Bonchev–Trinajstić information content (AvgIpc) is 2.81. The highest BCUT2D eigenvalue weighted by molar-refractivity contribution is 5.74. The van der Waals surface area contributed by atoms with Gasteiger partial charge in [-0.25, -0.2) is 4.98 Å². The summed E-state index contributed by atoms with van der Waals surface area (Å²) < 4.78 is 0. The van der Waals surface area contributed by atoms with Gasteiger partial charge in [0.2, 0.25) is 0 Å². The second-order valence-electron chi connectivity index (χ2n) is 5.56. The summed E-state index contributed by atoms with van der Waals surface area (Å²) in [6.07, 6.45) is 2.68. The summed E-state index contributed by atoms with van der Waals surface area (Å²) in [7, 11) is 0. The molecular formula is C15H21N3. The third-order valence-electron chi connectivity index (χ3n) is 4.04. The highest BCUT2D eigenvalue weighted by Gasteiger charge is 2.23. The van der Waals surface area contributed by atoms with Crippen LogP contribution in [-0.4, -0.2) is 28.0 Å². The van der Waals surface area contributed by atoms with Crippen LogP contribution in [0.15, 0.2) is 24.3 Å². The highest BCUT2D eigenvalue weighted by Crippen LogP contribution is 2.26. The number of fused-ring (bicyclic) bond motifs is 1. The lowest BCUT2D eigenvalue weighted by atomic mass is 9.99. The molecule has 0 aliphatic carbocycles. The Balaban J connectivity index is 1.84. The summed E-state index contributed by atoms with van der Waals surface area (Å²) in [5.41, 5.74) is 2.22. The molecule has 0 radical (unpaired) electrons. The van der Waals surface area contributed by atoms with Crippen molar-refractivity contribution in [2.24, 2.45) is 5.92 Å². The number of likely N-dealkylation sites (tertiary alicyclic amines) is 1. The Morgan fingerprint density at radius 3 is 3.00 bits per heavy atom. The molecule has 1 aromatic heterocycles. The summed E-state index contributed by atoms with van der Waals surface area (Å²) >= 11 is 0. The van der Waals surface area contributed by atoms with Crippen molar-refractivity contribution >= 4 is 11.0 Å². The minimum atomic E-state index is 0.389. The monoisotopic (exact) mass is 243 g/mol. The van der Waals surface area contributed by atoms with Crippen LogP contribution in [0.1, 0.15) is 38.6 Å². The number of hydrogen-bond acceptors (Lipinski definition) is 2. The van der Waals surface area contributed by atoms with E-state index in [0.717, 1.165) is 22.8 Å². The molecule has 2 aromatic rings. The lowest BCUT2D eigenvalue weighted by Gasteiger charge is -2.34. The van der Waals surface area contributed by atoms with E-state index in [1.807, 2.05) is 6.07 Å². The van der Waals surface area contributed by atoms with Crippen molar-refractivity contribution in [3.63, 3.8) is 0 Å². The van der Waals surface area contributed by atoms with E-state index in [1.165, 1.54) is 25.9 Å². The van der Waals surface area contributed by atoms with Crippen molar-refractivity contribution in [2.45, 2.75) is 32.7 Å². The lowest BCUT2D eigenvalue weighted by molar-refractivity contribution is 0.135. The van der Waals surface area contributed by atoms with E-state index in [2.05, 4.69) is 41.9 Å². The molecule has 3 heteroatoms. The van der Waals surface area contributed by atoms with E-state index >= 15 is 0 Å². The molecule has 1 aliphatic rings. The first-order chi connectivity index (χ1) is 8.74. The van der Waals surface area contributed by atoms with Crippen LogP contribution >= 0.6 is 0 Å². The molecule has 0 bridgehead atoms. The quantitative estimate of drug-likeness (QED) is 0.877. The molecule has 1 aromatic carbocycles. The number of aromatic nitrogens is 2. The van der Waals surface area contributed by atoms with Gasteiger partial charge in [0.25, 0.3) is 0 Å². The van der Waals surface area contributed by atoms with Gasteiger partial charge >= 0.3 is 0 Å². The van der Waals surface area contributed by atoms with E-state index in [-0.39, 0.29) is 0 Å². The zero-order chi connectivity index (χ0) is 12.5. The molecule has 0 amide bonds. The van der Waals surface area contributed by atoms with Crippen LogP contribution in [0.5, 0.6) is 0 Å². The Morgan fingerprint density at radius 2 is 2.22 bits per heavy atom. The summed E-state index contributed by atoms with van der Waals surface area (Å²) in [6, 6.07) is 8.65. The number of nitrogens with one attached hydrogen (secondary N) is 1. The van der Waals surface area contributed by atoms with E-state index in [0.29, 0.717) is 6.04 Å². The number of H-pyrrole nitrogens is 1. The third-order valence-corrected chi connectivity index (χ3v) is 4.04. The van der Waals surface area contributed by atoms with Gasteiger partial charge in [-0.05, 0) is 44.4 Å². The van der Waals surface area contributed by atoms with Gasteiger partial charge in [0.15, 0.2) is 0 Å². The Kier molecular flexibility index (Phi) is 3.08. The first-order valence-electron chi connectivity index (χ1n) is 6.93. The summed E-state index contributed by atoms with van der Waals surface area (Å²) in [6.45, 7) is 6.99. The van der Waals surface area contributed by atoms with Crippen LogP contribution in [-0.2, 0) is 0 Å². The van der Waals surface area contributed by atoms with Crippen LogP contribution in [0.3, 0.4) is 0 Å². The number of benzene rings is 1. The van der Waals surface area contributed by atoms with Gasteiger partial charge in [-0.2, -0.15) is 0 Å². The fraction of sp³-hybridized carbons (Fsp3) is 0.533. The molecule has 3 rings (SSSR count). The predicted octanol–water partition coefficient (Wildman–Crippen LogP) is 3.36. The van der Waals surface area contributed by atoms with Gasteiger partial charge in [-0.15, -0.1) is 0 Å². The Hall–Kier alpha value is -1.35. The third kappa shape index (κ3) is 2.15. The first-order valence-corrected chi connectivity index (χ1v) is 6.93.